The number of amides is 2. The van der Waals surface area contributed by atoms with Crippen molar-refractivity contribution in [1.82, 2.24) is 9.96 Å². The minimum absolute atomic E-state index is 0.394. The molecule has 0 bridgehead atoms. The number of thioether (sulfide) groups is 1. The average molecular weight is 452 g/mol. The third-order valence-corrected chi connectivity index (χ3v) is 6.42. The van der Waals surface area contributed by atoms with Gasteiger partial charge in [0.2, 0.25) is 0 Å². The molecule has 0 radical (unpaired) electrons. The van der Waals surface area contributed by atoms with Crippen molar-refractivity contribution in [2.45, 2.75) is 31.3 Å². The molecule has 0 aromatic heterocycles. The van der Waals surface area contributed by atoms with Crippen LogP contribution in [0.4, 0.5) is 10.5 Å². The number of hydroxylamine groups is 2. The van der Waals surface area contributed by atoms with Crippen molar-refractivity contribution in [2.24, 2.45) is 0 Å². The predicted molar refractivity (Wildman–Crippen MR) is 121 cm³/mol. The Hall–Kier alpha value is -2.00. The molecule has 1 aliphatic rings. The van der Waals surface area contributed by atoms with E-state index in [2.05, 4.69) is 5.32 Å². The van der Waals surface area contributed by atoms with Gasteiger partial charge in [0.05, 0.1) is 18.4 Å². The van der Waals surface area contributed by atoms with E-state index in [-0.39, 0.29) is 0 Å². The van der Waals surface area contributed by atoms with Gasteiger partial charge >= 0.3 is 6.03 Å². The highest BCUT2D eigenvalue weighted by molar-refractivity contribution is 8.24. The second-order valence-corrected chi connectivity index (χ2v) is 9.79. The molecular formula is C20H22ClN3O3S2. The SMILES string of the molecule is COc1ccccc1CN1C(=S)SC(C)(C)[C@H]1N(O)C(=O)Nc1cccc(Cl)c1. The number of carbonyl (C=O) groups is 1. The number of urea groups is 1. The third kappa shape index (κ3) is 4.78. The summed E-state index contributed by atoms with van der Waals surface area (Å²) in [6.45, 7) is 4.27. The van der Waals surface area contributed by atoms with E-state index in [0.29, 0.717) is 26.6 Å². The van der Waals surface area contributed by atoms with Gasteiger partial charge in [0.15, 0.2) is 0 Å². The Kier molecular flexibility index (Phi) is 6.58. The number of ether oxygens (including phenoxy) is 1. The molecule has 6 nitrogen and oxygen atoms in total. The zero-order valence-electron chi connectivity index (χ0n) is 16.3. The molecule has 29 heavy (non-hydrogen) atoms. The summed E-state index contributed by atoms with van der Waals surface area (Å²) in [6.07, 6.45) is -0.677. The second kappa shape index (κ2) is 8.79. The van der Waals surface area contributed by atoms with Crippen molar-refractivity contribution < 1.29 is 14.7 Å². The van der Waals surface area contributed by atoms with Crippen LogP contribution in [-0.4, -0.2) is 43.5 Å². The molecule has 0 aliphatic carbocycles. The molecule has 0 saturated carbocycles. The molecule has 2 aromatic rings. The summed E-state index contributed by atoms with van der Waals surface area (Å²) in [5.41, 5.74) is 1.40. The summed E-state index contributed by atoms with van der Waals surface area (Å²) in [5, 5.41) is 14.7. The molecule has 0 unspecified atom stereocenters. The molecule has 2 amide bonds. The number of nitrogens with zero attached hydrogens (tertiary/aromatic N) is 2. The van der Waals surface area contributed by atoms with Crippen molar-refractivity contribution in [1.29, 1.82) is 0 Å². The van der Waals surface area contributed by atoms with Gasteiger partial charge in [0, 0.05) is 16.3 Å². The molecule has 1 saturated heterocycles. The van der Waals surface area contributed by atoms with Crippen molar-refractivity contribution in [2.75, 3.05) is 12.4 Å². The first-order valence-electron chi connectivity index (χ1n) is 8.89. The molecule has 9 heteroatoms. The summed E-state index contributed by atoms with van der Waals surface area (Å²) in [5.74, 6) is 0.719. The molecular weight excluding hydrogens is 430 g/mol. The van der Waals surface area contributed by atoms with Crippen LogP contribution < -0.4 is 10.1 Å². The number of anilines is 1. The molecule has 0 spiro atoms. The van der Waals surface area contributed by atoms with E-state index >= 15 is 0 Å². The number of benzene rings is 2. The largest absolute Gasteiger partial charge is 0.496 e. The van der Waals surface area contributed by atoms with E-state index in [1.165, 1.54) is 11.8 Å². The van der Waals surface area contributed by atoms with Gasteiger partial charge in [-0.25, -0.2) is 4.79 Å². The van der Waals surface area contributed by atoms with E-state index in [0.717, 1.165) is 11.3 Å². The smallest absolute Gasteiger partial charge is 0.347 e. The van der Waals surface area contributed by atoms with E-state index in [1.54, 1.807) is 31.4 Å². The van der Waals surface area contributed by atoms with Crippen LogP contribution in [0, 0.1) is 0 Å². The summed E-state index contributed by atoms with van der Waals surface area (Å²) >= 11 is 13.0. The zero-order valence-corrected chi connectivity index (χ0v) is 18.6. The number of carbonyl (C=O) groups excluding carboxylic acids is 1. The monoisotopic (exact) mass is 451 g/mol. The van der Waals surface area contributed by atoms with Crippen LogP contribution in [0.3, 0.4) is 0 Å². The van der Waals surface area contributed by atoms with Crippen LogP contribution in [0.5, 0.6) is 5.75 Å². The van der Waals surface area contributed by atoms with Crippen LogP contribution in [0.1, 0.15) is 19.4 Å². The van der Waals surface area contributed by atoms with Crippen LogP contribution in [-0.2, 0) is 6.54 Å². The molecule has 1 fully saturated rings. The van der Waals surface area contributed by atoms with Crippen LogP contribution in [0.25, 0.3) is 0 Å². The first kappa shape index (κ1) is 21.7. The standard InChI is InChI=1S/C20H22ClN3O3S2/c1-20(2)17(24(26)18(25)22-15-9-6-8-14(21)11-15)23(19(28)29-20)12-13-7-4-5-10-16(13)27-3/h4-11,17,26H,12H2,1-3H3,(H,22,25)/t17-/m1/s1. The van der Waals surface area contributed by atoms with Gasteiger partial charge in [-0.05, 0) is 38.1 Å². The van der Waals surface area contributed by atoms with Crippen molar-refractivity contribution in [3.8, 4) is 5.75 Å². The summed E-state index contributed by atoms with van der Waals surface area (Å²) in [7, 11) is 1.61. The first-order chi connectivity index (χ1) is 13.7. The topological polar surface area (TPSA) is 65.0 Å². The minimum Gasteiger partial charge on any atom is -0.496 e. The van der Waals surface area contributed by atoms with Crippen molar-refractivity contribution >= 4 is 51.6 Å². The Morgan fingerprint density at radius 3 is 2.76 bits per heavy atom. The fraction of sp³-hybridized carbons (Fsp3) is 0.300. The number of hydrogen-bond acceptors (Lipinski definition) is 5. The van der Waals surface area contributed by atoms with Crippen LogP contribution in [0.15, 0.2) is 48.5 Å². The van der Waals surface area contributed by atoms with Gasteiger partial charge in [0.1, 0.15) is 16.2 Å². The number of hydrogen-bond donors (Lipinski definition) is 2. The Morgan fingerprint density at radius 1 is 1.34 bits per heavy atom. The molecule has 2 N–H and O–H groups in total. The highest BCUT2D eigenvalue weighted by Gasteiger charge is 2.49. The second-order valence-electron chi connectivity index (χ2n) is 7.07. The molecule has 2 aromatic carbocycles. The van der Waals surface area contributed by atoms with E-state index < -0.39 is 16.9 Å². The number of halogens is 1. The normalized spacial score (nSPS) is 17.9. The molecule has 154 valence electrons. The van der Waals surface area contributed by atoms with Crippen LogP contribution in [0.2, 0.25) is 5.02 Å². The quantitative estimate of drug-likeness (QED) is 0.369. The Morgan fingerprint density at radius 2 is 2.07 bits per heavy atom. The fourth-order valence-corrected chi connectivity index (χ4v) is 5.33. The number of rotatable bonds is 5. The molecule has 1 atom stereocenters. The van der Waals surface area contributed by atoms with Crippen LogP contribution >= 0.6 is 35.6 Å². The van der Waals surface area contributed by atoms with Gasteiger partial charge in [0.25, 0.3) is 0 Å². The van der Waals surface area contributed by atoms with E-state index in [4.69, 9.17) is 28.6 Å². The lowest BCUT2D eigenvalue weighted by molar-refractivity contribution is -0.115. The fourth-order valence-electron chi connectivity index (χ4n) is 3.26. The highest BCUT2D eigenvalue weighted by atomic mass is 35.5. The molecule has 3 rings (SSSR count). The van der Waals surface area contributed by atoms with E-state index in [9.17, 15) is 10.0 Å². The maximum Gasteiger partial charge on any atom is 0.347 e. The number of thiocarbonyl (C=S) groups is 1. The number of nitrogens with one attached hydrogen (secondary N) is 1. The molecule has 1 aliphatic heterocycles. The lowest BCUT2D eigenvalue weighted by Gasteiger charge is -2.37. The summed E-state index contributed by atoms with van der Waals surface area (Å²) in [6, 6.07) is 13.7. The third-order valence-electron chi connectivity index (χ3n) is 4.55. The summed E-state index contributed by atoms with van der Waals surface area (Å²) in [4.78, 5) is 14.6. The maximum absolute atomic E-state index is 12.7. The zero-order chi connectivity index (χ0) is 21.2. The molecule has 1 heterocycles. The Balaban J connectivity index is 1.84. The predicted octanol–water partition coefficient (Wildman–Crippen LogP) is 5.21. The average Bonchev–Trinajstić information content (AvgIpc) is 2.89. The minimum atomic E-state index is -0.677. The van der Waals surface area contributed by atoms with Gasteiger partial charge < -0.3 is 15.0 Å². The van der Waals surface area contributed by atoms with Gasteiger partial charge in [-0.1, -0.05) is 59.8 Å². The van der Waals surface area contributed by atoms with Gasteiger partial charge in [-0.3, -0.25) is 5.21 Å². The number of para-hydroxylation sites is 1. The number of methoxy groups -OCH3 is 1. The van der Waals surface area contributed by atoms with Crippen molar-refractivity contribution in [3.63, 3.8) is 0 Å². The summed E-state index contributed by atoms with van der Waals surface area (Å²) < 4.78 is 5.50. The lowest BCUT2D eigenvalue weighted by atomic mass is 10.1. The lowest BCUT2D eigenvalue weighted by Crippen LogP contribution is -2.55. The van der Waals surface area contributed by atoms with E-state index in [1.807, 2.05) is 43.0 Å². The highest BCUT2D eigenvalue weighted by Crippen LogP contribution is 2.43. The van der Waals surface area contributed by atoms with Crippen molar-refractivity contribution in [3.05, 3.63) is 59.1 Å². The Labute approximate surface area is 184 Å². The first-order valence-corrected chi connectivity index (χ1v) is 10.5. The van der Waals surface area contributed by atoms with Gasteiger partial charge in [-0.15, -0.1) is 0 Å². The van der Waals surface area contributed by atoms with Gasteiger partial charge in [-0.2, -0.15) is 5.06 Å². The Bertz CT molecular complexity index is 925. The maximum atomic E-state index is 12.7.